The van der Waals surface area contributed by atoms with E-state index in [-0.39, 0.29) is 19.9 Å². The lowest BCUT2D eigenvalue weighted by molar-refractivity contribution is 0.169. The Hall–Kier alpha value is -2.80. The quantitative estimate of drug-likeness (QED) is 0.288. The topological polar surface area (TPSA) is 69.7 Å². The fourth-order valence-electron chi connectivity index (χ4n) is 6.30. The molecule has 2 aliphatic rings. The third-order valence-corrected chi connectivity index (χ3v) is 9.28. The van der Waals surface area contributed by atoms with Crippen LogP contribution in [0.5, 0.6) is 0 Å². The zero-order valence-corrected chi connectivity index (χ0v) is 26.6. The van der Waals surface area contributed by atoms with Crippen LogP contribution in [0, 0.1) is 5.92 Å². The highest BCUT2D eigenvalue weighted by Gasteiger charge is 2.42. The molecule has 1 aromatic carbocycles. The van der Waals surface area contributed by atoms with Gasteiger partial charge in [-0.3, -0.25) is 0 Å². The number of ether oxygens (including phenoxy) is 1. The van der Waals surface area contributed by atoms with Crippen LogP contribution in [-0.2, 0) is 4.74 Å². The predicted molar refractivity (Wildman–Crippen MR) is 173 cm³/mol. The van der Waals surface area contributed by atoms with Crippen LogP contribution in [0.1, 0.15) is 44.6 Å². The van der Waals surface area contributed by atoms with Crippen LogP contribution in [0.25, 0.3) is 0 Å². The van der Waals surface area contributed by atoms with Gasteiger partial charge in [-0.2, -0.15) is 4.98 Å². The summed E-state index contributed by atoms with van der Waals surface area (Å²) in [4.78, 5) is 22.2. The van der Waals surface area contributed by atoms with Gasteiger partial charge in [-0.05, 0) is 89.0 Å². The van der Waals surface area contributed by atoms with E-state index in [1.807, 2.05) is 6.20 Å². The van der Waals surface area contributed by atoms with Crippen LogP contribution >= 0.6 is 7.92 Å². The van der Waals surface area contributed by atoms with Crippen LogP contribution in [-0.4, -0.2) is 86.2 Å². The molecule has 4 heterocycles. The molecule has 2 aliphatic heterocycles. The van der Waals surface area contributed by atoms with E-state index in [2.05, 4.69) is 104 Å². The van der Waals surface area contributed by atoms with Gasteiger partial charge in [-0.1, -0.05) is 27.8 Å². The summed E-state index contributed by atoms with van der Waals surface area (Å²) in [5.41, 5.74) is 4.53. The summed E-state index contributed by atoms with van der Waals surface area (Å²) in [6, 6.07) is 15.9. The van der Waals surface area contributed by atoms with Crippen molar-refractivity contribution in [3.63, 3.8) is 0 Å². The molecule has 0 aliphatic carbocycles. The average Bonchev–Trinajstić information content (AvgIpc) is 3.51. The van der Waals surface area contributed by atoms with Crippen LogP contribution in [0.2, 0.25) is 0 Å². The first-order valence-corrected chi connectivity index (χ1v) is 17.1. The molecule has 8 nitrogen and oxygen atoms in total. The standard InChI is InChI=1S/C32H46N7OP/c1-22(2)18-28-27(21-40-5)26-19-33-32(36-31(26)39(28)29-11-8-12-30(35-29)41(6)7)34-23-13-15-24(16-14-23)38-17-9-10-25(38)20-37(3)4/h8,11-16,19,22,25,27-28H,9-10,17-18,20-21H2,1-7H3,(H,33,34,36)/t25-,27?,28-/m1/s1. The van der Waals surface area contributed by atoms with Gasteiger partial charge >= 0.3 is 0 Å². The maximum Gasteiger partial charge on any atom is 0.229 e. The third kappa shape index (κ3) is 6.66. The molecule has 0 amide bonds. The first-order chi connectivity index (χ1) is 19.7. The monoisotopic (exact) mass is 575 g/mol. The summed E-state index contributed by atoms with van der Waals surface area (Å²) in [5.74, 6) is 3.17. The molecule has 1 unspecified atom stereocenters. The first kappa shape index (κ1) is 29.7. The number of nitrogens with one attached hydrogen (secondary N) is 1. The summed E-state index contributed by atoms with van der Waals surface area (Å²) in [6.45, 7) is 11.9. The number of fused-ring (bicyclic) bond motifs is 1. The van der Waals surface area contributed by atoms with Crippen molar-refractivity contribution in [3.05, 3.63) is 54.2 Å². The lowest BCUT2D eigenvalue weighted by Gasteiger charge is -2.30. The lowest BCUT2D eigenvalue weighted by atomic mass is 9.91. The number of anilines is 5. The zero-order valence-electron chi connectivity index (χ0n) is 25.7. The van der Waals surface area contributed by atoms with Crippen LogP contribution in [0.3, 0.4) is 0 Å². The number of aromatic nitrogens is 3. The minimum atomic E-state index is -0.309. The zero-order chi connectivity index (χ0) is 29.1. The fourth-order valence-corrected chi connectivity index (χ4v) is 6.99. The number of hydrogen-bond donors (Lipinski definition) is 1. The molecule has 0 bridgehead atoms. The molecule has 0 spiro atoms. The van der Waals surface area contributed by atoms with E-state index in [1.165, 1.54) is 18.5 Å². The number of nitrogens with zero attached hydrogens (tertiary/aromatic N) is 6. The second kappa shape index (κ2) is 13.0. The summed E-state index contributed by atoms with van der Waals surface area (Å²) < 4.78 is 5.73. The van der Waals surface area contributed by atoms with Crippen molar-refractivity contribution in [2.24, 2.45) is 5.92 Å². The highest BCUT2D eigenvalue weighted by Crippen LogP contribution is 2.46. The minimum absolute atomic E-state index is 0.177. The van der Waals surface area contributed by atoms with E-state index in [0.29, 0.717) is 24.5 Å². The highest BCUT2D eigenvalue weighted by molar-refractivity contribution is 7.63. The molecule has 41 heavy (non-hydrogen) atoms. The second-order valence-corrected chi connectivity index (χ2v) is 14.5. The van der Waals surface area contributed by atoms with Crippen molar-refractivity contribution >= 4 is 42.3 Å². The van der Waals surface area contributed by atoms with Gasteiger partial charge in [0.05, 0.1) is 12.0 Å². The molecule has 3 aromatic rings. The Balaban J connectivity index is 1.44. The maximum atomic E-state index is 5.73. The second-order valence-electron chi connectivity index (χ2n) is 12.3. The molecule has 1 N–H and O–H groups in total. The van der Waals surface area contributed by atoms with E-state index in [9.17, 15) is 0 Å². The number of rotatable bonds is 11. The van der Waals surface area contributed by atoms with E-state index in [4.69, 9.17) is 19.7 Å². The largest absolute Gasteiger partial charge is 0.384 e. The predicted octanol–water partition coefficient (Wildman–Crippen LogP) is 5.81. The highest BCUT2D eigenvalue weighted by atomic mass is 31.1. The maximum absolute atomic E-state index is 5.73. The Morgan fingerprint density at radius 3 is 2.56 bits per heavy atom. The number of likely N-dealkylation sites (N-methyl/N-ethyl adjacent to an activating group) is 1. The van der Waals surface area contributed by atoms with Gasteiger partial charge in [-0.25, -0.2) is 9.97 Å². The molecule has 0 radical (unpaired) electrons. The van der Waals surface area contributed by atoms with Gasteiger partial charge in [0, 0.05) is 61.3 Å². The number of methoxy groups -OCH3 is 1. The van der Waals surface area contributed by atoms with E-state index in [0.717, 1.165) is 47.8 Å². The van der Waals surface area contributed by atoms with Crippen LogP contribution < -0.4 is 20.6 Å². The molecule has 1 fully saturated rings. The summed E-state index contributed by atoms with van der Waals surface area (Å²) in [5, 5.41) is 3.47. The molecule has 2 aromatic heterocycles. The van der Waals surface area contributed by atoms with Gasteiger partial charge in [0.15, 0.2) is 0 Å². The van der Waals surface area contributed by atoms with Crippen molar-refractivity contribution < 1.29 is 4.74 Å². The molecular formula is C32H46N7OP. The van der Waals surface area contributed by atoms with E-state index < -0.39 is 0 Å². The van der Waals surface area contributed by atoms with Crippen LogP contribution in [0.15, 0.2) is 48.7 Å². The van der Waals surface area contributed by atoms with Gasteiger partial charge in [-0.15, -0.1) is 0 Å². The summed E-state index contributed by atoms with van der Waals surface area (Å²) in [6.07, 6.45) is 5.49. The molecule has 1 saturated heterocycles. The van der Waals surface area contributed by atoms with Gasteiger partial charge < -0.3 is 24.8 Å². The number of benzene rings is 1. The number of hydrogen-bond acceptors (Lipinski definition) is 8. The molecule has 9 heteroatoms. The summed E-state index contributed by atoms with van der Waals surface area (Å²) >= 11 is 0. The Morgan fingerprint density at radius 1 is 1.10 bits per heavy atom. The lowest BCUT2D eigenvalue weighted by Crippen LogP contribution is -2.37. The van der Waals surface area contributed by atoms with Crippen LogP contribution in [0.4, 0.5) is 29.0 Å². The van der Waals surface area contributed by atoms with E-state index in [1.54, 1.807) is 7.11 Å². The van der Waals surface area contributed by atoms with Gasteiger partial charge in [0.25, 0.3) is 0 Å². The number of pyridine rings is 1. The molecule has 0 saturated carbocycles. The van der Waals surface area contributed by atoms with Crippen molar-refractivity contribution in [3.8, 4) is 0 Å². The minimum Gasteiger partial charge on any atom is -0.384 e. The van der Waals surface area contributed by atoms with Crippen molar-refractivity contribution in [1.29, 1.82) is 0 Å². The first-order valence-electron chi connectivity index (χ1n) is 14.8. The molecule has 3 atom stereocenters. The summed E-state index contributed by atoms with van der Waals surface area (Å²) in [7, 11) is 5.78. The Morgan fingerprint density at radius 2 is 1.88 bits per heavy atom. The van der Waals surface area contributed by atoms with Gasteiger partial charge in [0.2, 0.25) is 5.95 Å². The Bertz CT molecular complexity index is 1300. The van der Waals surface area contributed by atoms with Gasteiger partial charge in [0.1, 0.15) is 11.6 Å². The molecular weight excluding hydrogens is 529 g/mol. The Labute approximate surface area is 247 Å². The normalized spacial score (nSPS) is 20.5. The Kier molecular flexibility index (Phi) is 9.42. The molecule has 220 valence electrons. The average molecular weight is 576 g/mol. The molecule has 5 rings (SSSR count). The third-order valence-electron chi connectivity index (χ3n) is 8.11. The fraction of sp³-hybridized carbons (Fsp3) is 0.531. The SMILES string of the molecule is COCC1c2cnc(Nc3ccc(N4CCC[C@@H]4CN(C)C)cc3)nc2N(c2cccc(P(C)C)n2)[C@@H]1CC(C)C. The van der Waals surface area contributed by atoms with Crippen molar-refractivity contribution in [2.45, 2.75) is 51.1 Å². The van der Waals surface area contributed by atoms with Crippen molar-refractivity contribution in [1.82, 2.24) is 19.9 Å². The van der Waals surface area contributed by atoms with Crippen molar-refractivity contribution in [2.75, 3.05) is 69.3 Å². The van der Waals surface area contributed by atoms with E-state index >= 15 is 0 Å². The smallest absolute Gasteiger partial charge is 0.229 e.